The van der Waals surface area contributed by atoms with Gasteiger partial charge in [0.25, 0.3) is 5.91 Å². The van der Waals surface area contributed by atoms with Crippen molar-refractivity contribution in [1.82, 2.24) is 15.4 Å². The normalized spacial score (nSPS) is 10.5. The van der Waals surface area contributed by atoms with Crippen molar-refractivity contribution in [1.29, 1.82) is 0 Å². The van der Waals surface area contributed by atoms with Crippen LogP contribution in [0.25, 0.3) is 11.3 Å². The first-order chi connectivity index (χ1) is 11.4. The van der Waals surface area contributed by atoms with Gasteiger partial charge in [0, 0.05) is 5.56 Å². The second-order valence-electron chi connectivity index (χ2n) is 5.08. The number of amides is 1. The van der Waals surface area contributed by atoms with Gasteiger partial charge in [-0.3, -0.25) is 4.79 Å². The summed E-state index contributed by atoms with van der Waals surface area (Å²) in [5.41, 5.74) is 6.13. The summed E-state index contributed by atoms with van der Waals surface area (Å²) in [6.07, 6.45) is -0.218. The Bertz CT molecular complexity index is 741. The number of ether oxygens (including phenoxy) is 3. The van der Waals surface area contributed by atoms with E-state index in [1.165, 1.54) is 7.11 Å². The van der Waals surface area contributed by atoms with E-state index in [2.05, 4.69) is 15.4 Å². The summed E-state index contributed by atoms with van der Waals surface area (Å²) in [4.78, 5) is 22.9. The van der Waals surface area contributed by atoms with Gasteiger partial charge < -0.3 is 19.9 Å². The Morgan fingerprint density at radius 2 is 2.00 bits per heavy atom. The highest BCUT2D eigenvalue weighted by Gasteiger charge is 2.17. The number of esters is 1. The monoisotopic (exact) mass is 334 g/mol. The molecule has 0 bridgehead atoms. The number of primary amides is 1. The number of nitrogens with one attached hydrogen (secondary N) is 1. The van der Waals surface area contributed by atoms with E-state index in [-0.39, 0.29) is 18.4 Å². The van der Waals surface area contributed by atoms with Crippen LogP contribution in [0.4, 0.5) is 0 Å². The molecule has 0 aliphatic carbocycles. The van der Waals surface area contributed by atoms with Gasteiger partial charge in [-0.1, -0.05) is 0 Å². The zero-order valence-electron chi connectivity index (χ0n) is 13.5. The van der Waals surface area contributed by atoms with Crippen molar-refractivity contribution in [2.75, 3.05) is 13.7 Å². The molecule has 1 aromatic carbocycles. The number of carbonyl (C=O) groups excluding carboxylic acids is 2. The van der Waals surface area contributed by atoms with Gasteiger partial charge in [0.05, 0.1) is 13.2 Å². The van der Waals surface area contributed by atoms with Gasteiger partial charge in [0.1, 0.15) is 5.69 Å². The Kier molecular flexibility index (Phi) is 5.35. The molecule has 0 saturated heterocycles. The van der Waals surface area contributed by atoms with E-state index < -0.39 is 11.9 Å². The molecule has 9 heteroatoms. The van der Waals surface area contributed by atoms with Gasteiger partial charge in [-0.2, -0.15) is 15.4 Å². The lowest BCUT2D eigenvalue weighted by molar-refractivity contribution is -0.149. The Labute approximate surface area is 138 Å². The number of nitrogens with two attached hydrogens (primary N) is 1. The number of aromatic amines is 1. The first-order valence-electron chi connectivity index (χ1n) is 7.13. The minimum Gasteiger partial charge on any atom is -0.493 e. The highest BCUT2D eigenvalue weighted by atomic mass is 16.6. The number of rotatable bonds is 7. The molecular weight excluding hydrogens is 316 g/mol. The lowest BCUT2D eigenvalue weighted by Gasteiger charge is -2.12. The molecule has 0 saturated carbocycles. The predicted octanol–water partition coefficient (Wildman–Crippen LogP) is 0.910. The molecule has 0 aliphatic rings. The van der Waals surface area contributed by atoms with Crippen LogP contribution < -0.4 is 15.2 Å². The Hall–Kier alpha value is -3.10. The van der Waals surface area contributed by atoms with Crippen molar-refractivity contribution in [2.45, 2.75) is 20.0 Å². The lowest BCUT2D eigenvalue weighted by Crippen LogP contribution is -2.18. The van der Waals surface area contributed by atoms with Crippen molar-refractivity contribution < 1.29 is 23.8 Å². The van der Waals surface area contributed by atoms with E-state index in [0.717, 1.165) is 0 Å². The van der Waals surface area contributed by atoms with E-state index in [1.807, 2.05) is 0 Å². The highest BCUT2D eigenvalue weighted by molar-refractivity contribution is 5.96. The molecule has 0 atom stereocenters. The Morgan fingerprint density at radius 3 is 2.62 bits per heavy atom. The summed E-state index contributed by atoms with van der Waals surface area (Å²) in [7, 11) is 1.45. The number of nitrogens with zero attached hydrogens (tertiary/aromatic N) is 2. The van der Waals surface area contributed by atoms with E-state index in [1.54, 1.807) is 32.0 Å². The molecule has 9 nitrogen and oxygen atoms in total. The maximum Gasteiger partial charge on any atom is 0.344 e. The first-order valence-corrected chi connectivity index (χ1v) is 7.13. The van der Waals surface area contributed by atoms with Gasteiger partial charge in [-0.15, -0.1) is 0 Å². The molecule has 1 amide bonds. The van der Waals surface area contributed by atoms with Gasteiger partial charge >= 0.3 is 5.97 Å². The van der Waals surface area contributed by atoms with E-state index in [9.17, 15) is 9.59 Å². The summed E-state index contributed by atoms with van der Waals surface area (Å²) in [6.45, 7) is 3.26. The molecule has 0 unspecified atom stereocenters. The van der Waals surface area contributed by atoms with Gasteiger partial charge in [0.2, 0.25) is 0 Å². The predicted molar refractivity (Wildman–Crippen MR) is 83.6 cm³/mol. The van der Waals surface area contributed by atoms with Crippen molar-refractivity contribution >= 4 is 11.9 Å². The molecule has 24 heavy (non-hydrogen) atoms. The fourth-order valence-corrected chi connectivity index (χ4v) is 1.97. The van der Waals surface area contributed by atoms with Crippen molar-refractivity contribution in [2.24, 2.45) is 5.73 Å². The molecule has 2 aromatic rings. The summed E-state index contributed by atoms with van der Waals surface area (Å²) < 4.78 is 15.6. The number of hydrogen-bond donors (Lipinski definition) is 2. The fraction of sp³-hybridized carbons (Fsp3) is 0.333. The van der Waals surface area contributed by atoms with Crippen molar-refractivity contribution in [3.05, 3.63) is 23.9 Å². The maximum atomic E-state index is 11.5. The van der Waals surface area contributed by atoms with E-state index in [0.29, 0.717) is 22.8 Å². The SMILES string of the molecule is COc1cc(-c2n[nH]nc2C(N)=O)ccc1OCC(=O)OC(C)C. The molecule has 128 valence electrons. The average molecular weight is 334 g/mol. The van der Waals surface area contributed by atoms with Crippen LogP contribution in [0, 0.1) is 0 Å². The zero-order chi connectivity index (χ0) is 17.7. The molecule has 1 aromatic heterocycles. The van der Waals surface area contributed by atoms with Crippen LogP contribution in [0.15, 0.2) is 18.2 Å². The molecule has 3 N–H and O–H groups in total. The lowest BCUT2D eigenvalue weighted by atomic mass is 10.1. The van der Waals surface area contributed by atoms with E-state index in [4.69, 9.17) is 19.9 Å². The molecule has 0 aliphatic heterocycles. The van der Waals surface area contributed by atoms with Crippen LogP contribution in [0.3, 0.4) is 0 Å². The van der Waals surface area contributed by atoms with Crippen LogP contribution in [-0.2, 0) is 9.53 Å². The van der Waals surface area contributed by atoms with Crippen LogP contribution in [0.2, 0.25) is 0 Å². The van der Waals surface area contributed by atoms with Gasteiger partial charge in [-0.25, -0.2) is 4.79 Å². The third-order valence-electron chi connectivity index (χ3n) is 2.93. The highest BCUT2D eigenvalue weighted by Crippen LogP contribution is 2.32. The standard InChI is InChI=1S/C15H18N4O5/c1-8(2)24-12(20)7-23-10-5-4-9(6-11(10)22-3)13-14(15(16)21)18-19-17-13/h4-6,8H,7H2,1-3H3,(H2,16,21)(H,17,18,19). The van der Waals surface area contributed by atoms with E-state index >= 15 is 0 Å². The van der Waals surface area contributed by atoms with Crippen molar-refractivity contribution in [3.8, 4) is 22.8 Å². The summed E-state index contributed by atoms with van der Waals surface area (Å²) >= 11 is 0. The molecule has 0 fully saturated rings. The molecule has 2 rings (SSSR count). The zero-order valence-corrected chi connectivity index (χ0v) is 13.5. The van der Waals surface area contributed by atoms with Gasteiger partial charge in [0.15, 0.2) is 23.8 Å². The quantitative estimate of drug-likeness (QED) is 0.720. The Balaban J connectivity index is 2.20. The smallest absolute Gasteiger partial charge is 0.344 e. The fourth-order valence-electron chi connectivity index (χ4n) is 1.97. The van der Waals surface area contributed by atoms with Crippen LogP contribution in [0.1, 0.15) is 24.3 Å². The van der Waals surface area contributed by atoms with Crippen LogP contribution >= 0.6 is 0 Å². The summed E-state index contributed by atoms with van der Waals surface area (Å²) in [5, 5.41) is 9.98. The average Bonchev–Trinajstić information content (AvgIpc) is 3.02. The number of carbonyl (C=O) groups is 2. The maximum absolute atomic E-state index is 11.5. The summed E-state index contributed by atoms with van der Waals surface area (Å²) in [5.74, 6) is -0.465. The molecular formula is C15H18N4O5. The number of hydrogen-bond acceptors (Lipinski definition) is 7. The third kappa shape index (κ3) is 4.00. The van der Waals surface area contributed by atoms with Crippen LogP contribution in [0.5, 0.6) is 11.5 Å². The number of H-pyrrole nitrogens is 1. The van der Waals surface area contributed by atoms with Crippen molar-refractivity contribution in [3.63, 3.8) is 0 Å². The minimum atomic E-state index is -0.700. The third-order valence-corrected chi connectivity index (χ3v) is 2.93. The topological polar surface area (TPSA) is 129 Å². The number of aromatic nitrogens is 3. The van der Waals surface area contributed by atoms with Crippen LogP contribution in [-0.4, -0.2) is 47.1 Å². The second-order valence-corrected chi connectivity index (χ2v) is 5.08. The summed E-state index contributed by atoms with van der Waals surface area (Å²) in [6, 6.07) is 4.85. The Morgan fingerprint density at radius 1 is 1.25 bits per heavy atom. The largest absolute Gasteiger partial charge is 0.493 e. The minimum absolute atomic E-state index is 0.0197. The molecule has 0 spiro atoms. The second kappa shape index (κ2) is 7.44. The number of methoxy groups -OCH3 is 1. The van der Waals surface area contributed by atoms with Gasteiger partial charge in [-0.05, 0) is 32.0 Å². The number of benzene rings is 1. The first kappa shape index (κ1) is 17.3. The molecule has 1 heterocycles. The molecule has 0 radical (unpaired) electrons.